The Morgan fingerprint density at radius 2 is 1.94 bits per heavy atom. The molecule has 0 bridgehead atoms. The van der Waals surface area contributed by atoms with E-state index in [1.54, 1.807) is 6.92 Å². The smallest absolute Gasteiger partial charge is 0.195 e. The molecule has 1 aromatic heterocycles. The fourth-order valence-electron chi connectivity index (χ4n) is 1.75. The predicted molar refractivity (Wildman–Crippen MR) is 59.0 cm³/mol. The van der Waals surface area contributed by atoms with Crippen molar-refractivity contribution in [1.29, 1.82) is 0 Å². The highest BCUT2D eigenvalue weighted by Gasteiger charge is 2.16. The second kappa shape index (κ2) is 4.33. The van der Waals surface area contributed by atoms with Crippen molar-refractivity contribution in [2.24, 2.45) is 5.73 Å². The fourth-order valence-corrected chi connectivity index (χ4v) is 1.75. The van der Waals surface area contributed by atoms with E-state index in [0.717, 1.165) is 6.07 Å². The molecular weight excluding hydrogens is 229 g/mol. The molecule has 1 atom stereocenters. The van der Waals surface area contributed by atoms with Gasteiger partial charge in [-0.3, -0.25) is 4.98 Å². The van der Waals surface area contributed by atoms with Crippen LogP contribution in [0.15, 0.2) is 18.3 Å². The SMILES string of the molecule is CC(N)Cc1nccc2c(F)c(F)c(F)cc12. The third-order valence-corrected chi connectivity index (χ3v) is 2.50. The van der Waals surface area contributed by atoms with Crippen LogP contribution in [0, 0.1) is 17.5 Å². The van der Waals surface area contributed by atoms with Crippen LogP contribution < -0.4 is 5.73 Å². The first-order chi connectivity index (χ1) is 8.00. The third kappa shape index (κ3) is 2.10. The van der Waals surface area contributed by atoms with Gasteiger partial charge in [-0.2, -0.15) is 0 Å². The molecule has 0 aliphatic carbocycles. The molecule has 2 N–H and O–H groups in total. The molecule has 0 radical (unpaired) electrons. The van der Waals surface area contributed by atoms with Gasteiger partial charge < -0.3 is 5.73 Å². The van der Waals surface area contributed by atoms with Gasteiger partial charge in [0.05, 0.1) is 0 Å². The highest BCUT2D eigenvalue weighted by molar-refractivity contribution is 5.85. The van der Waals surface area contributed by atoms with Crippen molar-refractivity contribution < 1.29 is 13.2 Å². The van der Waals surface area contributed by atoms with Gasteiger partial charge in [-0.05, 0) is 19.1 Å². The van der Waals surface area contributed by atoms with E-state index in [2.05, 4.69) is 4.98 Å². The maximum atomic E-state index is 13.5. The molecule has 0 saturated carbocycles. The molecule has 0 saturated heterocycles. The summed E-state index contributed by atoms with van der Waals surface area (Å²) in [5, 5.41) is 0.288. The van der Waals surface area contributed by atoms with Crippen molar-refractivity contribution in [3.8, 4) is 0 Å². The van der Waals surface area contributed by atoms with Crippen molar-refractivity contribution in [2.45, 2.75) is 19.4 Å². The van der Waals surface area contributed by atoms with Gasteiger partial charge >= 0.3 is 0 Å². The highest BCUT2D eigenvalue weighted by atomic mass is 19.2. The Morgan fingerprint density at radius 1 is 1.24 bits per heavy atom. The molecule has 2 nitrogen and oxygen atoms in total. The molecule has 0 amide bonds. The van der Waals surface area contributed by atoms with E-state index in [1.807, 2.05) is 0 Å². The maximum Gasteiger partial charge on any atom is 0.195 e. The number of hydrogen-bond donors (Lipinski definition) is 1. The van der Waals surface area contributed by atoms with Crippen molar-refractivity contribution >= 4 is 10.8 Å². The first kappa shape index (κ1) is 11.9. The van der Waals surface area contributed by atoms with Crippen LogP contribution in [-0.4, -0.2) is 11.0 Å². The molecule has 5 heteroatoms. The Hall–Kier alpha value is -1.62. The quantitative estimate of drug-likeness (QED) is 0.819. The molecule has 2 rings (SSSR count). The molecule has 0 spiro atoms. The van der Waals surface area contributed by atoms with E-state index in [0.29, 0.717) is 12.1 Å². The van der Waals surface area contributed by atoms with Crippen LogP contribution in [0.2, 0.25) is 0 Å². The fraction of sp³-hybridized carbons (Fsp3) is 0.250. The Morgan fingerprint density at radius 3 is 2.59 bits per heavy atom. The van der Waals surface area contributed by atoms with E-state index in [4.69, 9.17) is 5.73 Å². The van der Waals surface area contributed by atoms with E-state index in [9.17, 15) is 13.2 Å². The molecule has 0 fully saturated rings. The topological polar surface area (TPSA) is 38.9 Å². The zero-order valence-corrected chi connectivity index (χ0v) is 9.17. The molecule has 2 aromatic rings. The number of halogens is 3. The number of hydrogen-bond acceptors (Lipinski definition) is 2. The van der Waals surface area contributed by atoms with Crippen LogP contribution in [0.3, 0.4) is 0 Å². The van der Waals surface area contributed by atoms with Crippen molar-refractivity contribution in [2.75, 3.05) is 0 Å². The molecule has 1 heterocycles. The van der Waals surface area contributed by atoms with Crippen molar-refractivity contribution in [3.63, 3.8) is 0 Å². The summed E-state index contributed by atoms with van der Waals surface area (Å²) in [6.45, 7) is 1.76. The second-order valence-corrected chi connectivity index (χ2v) is 4.02. The van der Waals surface area contributed by atoms with E-state index < -0.39 is 17.5 Å². The molecule has 0 aliphatic heterocycles. The lowest BCUT2D eigenvalue weighted by molar-refractivity contribution is 0.453. The lowest BCUT2D eigenvalue weighted by atomic mass is 10.0. The predicted octanol–water partition coefficient (Wildman–Crippen LogP) is 2.54. The first-order valence-electron chi connectivity index (χ1n) is 5.17. The van der Waals surface area contributed by atoms with Crippen LogP contribution in [-0.2, 0) is 6.42 Å². The van der Waals surface area contributed by atoms with Gasteiger partial charge in [-0.1, -0.05) is 0 Å². The number of fused-ring (bicyclic) bond motifs is 1. The van der Waals surface area contributed by atoms with E-state index in [-0.39, 0.29) is 16.8 Å². The standard InChI is InChI=1S/C12H11F3N2/c1-6(16)4-10-8-5-9(13)12(15)11(14)7(8)2-3-17-10/h2-3,5-6H,4,16H2,1H3. The summed E-state index contributed by atoms with van der Waals surface area (Å²) in [5.74, 6) is -3.86. The maximum absolute atomic E-state index is 13.5. The summed E-state index contributed by atoms with van der Waals surface area (Å²) in [6.07, 6.45) is 1.74. The average molecular weight is 240 g/mol. The molecule has 1 aromatic carbocycles. The van der Waals surface area contributed by atoms with Gasteiger partial charge in [0.2, 0.25) is 0 Å². The molecule has 0 aliphatic rings. The van der Waals surface area contributed by atoms with Gasteiger partial charge in [0.15, 0.2) is 17.5 Å². The Balaban J connectivity index is 2.72. The summed E-state index contributed by atoms with van der Waals surface area (Å²) < 4.78 is 39.7. The van der Waals surface area contributed by atoms with E-state index in [1.165, 1.54) is 12.3 Å². The van der Waals surface area contributed by atoms with Gasteiger partial charge in [-0.15, -0.1) is 0 Å². The number of rotatable bonds is 2. The molecular formula is C12H11F3N2. The lowest BCUT2D eigenvalue weighted by Gasteiger charge is -2.09. The average Bonchev–Trinajstić information content (AvgIpc) is 2.27. The van der Waals surface area contributed by atoms with Gasteiger partial charge in [0, 0.05) is 35.1 Å². The van der Waals surface area contributed by atoms with Gasteiger partial charge in [0.25, 0.3) is 0 Å². The number of nitrogens with zero attached hydrogens (tertiary/aromatic N) is 1. The van der Waals surface area contributed by atoms with Crippen LogP contribution in [0.25, 0.3) is 10.8 Å². The van der Waals surface area contributed by atoms with Crippen molar-refractivity contribution in [3.05, 3.63) is 41.5 Å². The summed E-state index contributed by atoms with van der Waals surface area (Å²) in [7, 11) is 0. The first-order valence-corrected chi connectivity index (χ1v) is 5.17. The normalized spacial score (nSPS) is 13.0. The largest absolute Gasteiger partial charge is 0.328 e. The lowest BCUT2D eigenvalue weighted by Crippen LogP contribution is -2.18. The number of nitrogens with two attached hydrogens (primary N) is 1. The number of pyridine rings is 1. The second-order valence-electron chi connectivity index (χ2n) is 4.02. The minimum Gasteiger partial charge on any atom is -0.328 e. The Bertz CT molecular complexity index is 567. The minimum atomic E-state index is -1.46. The van der Waals surface area contributed by atoms with Crippen LogP contribution >= 0.6 is 0 Å². The Kier molecular flexibility index (Phi) is 3.02. The van der Waals surface area contributed by atoms with Crippen LogP contribution in [0.1, 0.15) is 12.6 Å². The zero-order chi connectivity index (χ0) is 12.6. The Labute approximate surface area is 96.3 Å². The molecule has 90 valence electrons. The number of benzene rings is 1. The van der Waals surface area contributed by atoms with Crippen LogP contribution in [0.5, 0.6) is 0 Å². The van der Waals surface area contributed by atoms with Gasteiger partial charge in [-0.25, -0.2) is 13.2 Å². The monoisotopic (exact) mass is 240 g/mol. The van der Waals surface area contributed by atoms with Gasteiger partial charge in [0.1, 0.15) is 0 Å². The highest BCUT2D eigenvalue weighted by Crippen LogP contribution is 2.25. The minimum absolute atomic E-state index is 0.0227. The summed E-state index contributed by atoms with van der Waals surface area (Å²) in [4.78, 5) is 4.02. The zero-order valence-electron chi connectivity index (χ0n) is 9.17. The third-order valence-electron chi connectivity index (χ3n) is 2.50. The summed E-state index contributed by atoms with van der Waals surface area (Å²) in [5.41, 5.74) is 6.09. The summed E-state index contributed by atoms with van der Waals surface area (Å²) in [6, 6.07) is 2.08. The van der Waals surface area contributed by atoms with Crippen molar-refractivity contribution in [1.82, 2.24) is 4.98 Å². The van der Waals surface area contributed by atoms with Crippen LogP contribution in [0.4, 0.5) is 13.2 Å². The summed E-state index contributed by atoms with van der Waals surface area (Å²) >= 11 is 0. The molecule has 17 heavy (non-hydrogen) atoms. The van der Waals surface area contributed by atoms with E-state index >= 15 is 0 Å². The number of aromatic nitrogens is 1. The molecule has 1 unspecified atom stereocenters.